The Kier molecular flexibility index (Phi) is 7.32. The van der Waals surface area contributed by atoms with E-state index in [2.05, 4.69) is 0 Å². The van der Waals surface area contributed by atoms with Crippen LogP contribution in [0.2, 0.25) is 0 Å². The number of ether oxygens (including phenoxy) is 3. The minimum absolute atomic E-state index is 0.0120. The molecule has 0 aromatic heterocycles. The topological polar surface area (TPSA) is 221 Å². The van der Waals surface area contributed by atoms with Crippen molar-refractivity contribution >= 4 is 17.3 Å². The van der Waals surface area contributed by atoms with Gasteiger partial charge in [-0.1, -0.05) is 12.1 Å². The molecule has 13 nitrogen and oxygen atoms in total. The van der Waals surface area contributed by atoms with Crippen molar-refractivity contribution in [2.24, 2.45) is 0 Å². The molecule has 3 fully saturated rings. The van der Waals surface area contributed by atoms with Gasteiger partial charge in [0.15, 0.2) is 29.2 Å². The zero-order valence-electron chi connectivity index (χ0n) is 24.3. The standard InChI is InChI=1S/C31H36O13/c1-12-24(34)17(32)8-21(43-12)44-19-9-18(42-13(2)25(19)35)14-4-5-15-22(26(14)36)27(37)16-6-7-30(40)11-29(3,39)10-20(33)31(30,41)23(16)28(15)38/h4-7,12-13,17-19,21,24-25,32,34-36,39-41H,8-11H2,1-3H3/t12-,13-,17-,18-,19-,21+,24-,25-,29+,30+,31+/m1/s1. The molecular weight excluding hydrogens is 580 g/mol. The van der Waals surface area contributed by atoms with E-state index in [0.717, 1.165) is 12.2 Å². The molecule has 13 heteroatoms. The molecule has 0 bridgehead atoms. The molecule has 5 aliphatic rings. The van der Waals surface area contributed by atoms with Crippen molar-refractivity contribution < 1.29 is 64.3 Å². The Balaban J connectivity index is 1.32. The van der Waals surface area contributed by atoms with Gasteiger partial charge in [0.05, 0.1) is 47.3 Å². The maximum absolute atomic E-state index is 13.8. The number of aliphatic hydroxyl groups is 6. The minimum Gasteiger partial charge on any atom is -0.507 e. The molecule has 2 aliphatic heterocycles. The summed E-state index contributed by atoms with van der Waals surface area (Å²) < 4.78 is 17.6. The van der Waals surface area contributed by atoms with E-state index >= 15 is 0 Å². The summed E-state index contributed by atoms with van der Waals surface area (Å²) in [6, 6.07) is 2.62. The van der Waals surface area contributed by atoms with Crippen molar-refractivity contribution in [2.45, 2.75) is 112 Å². The first-order valence-electron chi connectivity index (χ1n) is 14.6. The first kappa shape index (κ1) is 31.1. The predicted octanol–water partition coefficient (Wildman–Crippen LogP) is -0.334. The quantitative estimate of drug-likeness (QED) is 0.231. The largest absolute Gasteiger partial charge is 0.507 e. The van der Waals surface area contributed by atoms with Gasteiger partial charge in [0.1, 0.15) is 23.6 Å². The SMILES string of the molecule is C[C@H]1O[C@@H](c2ccc3c(c2O)C(=O)C2=C(C3=O)[C@@]3(O)C(=O)C[C@](C)(O)C[C@@]3(O)C=C2)C[C@@H](O[C@H]2C[C@@H](O)[C@H](O)[C@@H](C)O2)[C@@H]1O. The number of phenols is 1. The van der Waals surface area contributed by atoms with E-state index in [9.17, 15) is 50.1 Å². The Labute approximate surface area is 252 Å². The van der Waals surface area contributed by atoms with Crippen LogP contribution < -0.4 is 0 Å². The number of rotatable bonds is 3. The monoisotopic (exact) mass is 616 g/mol. The van der Waals surface area contributed by atoms with Gasteiger partial charge in [0, 0.05) is 42.4 Å². The van der Waals surface area contributed by atoms with Crippen molar-refractivity contribution in [3.8, 4) is 5.75 Å². The number of benzene rings is 1. The van der Waals surface area contributed by atoms with Crippen molar-refractivity contribution in [1.29, 1.82) is 0 Å². The number of carbonyl (C=O) groups excluding carboxylic acids is 3. The molecule has 0 unspecified atom stereocenters. The van der Waals surface area contributed by atoms with E-state index < -0.39 is 107 Å². The molecule has 0 spiro atoms. The van der Waals surface area contributed by atoms with Gasteiger partial charge in [0.25, 0.3) is 0 Å². The summed E-state index contributed by atoms with van der Waals surface area (Å²) in [7, 11) is 0. The van der Waals surface area contributed by atoms with Crippen LogP contribution in [0.15, 0.2) is 35.4 Å². The van der Waals surface area contributed by atoms with Crippen molar-refractivity contribution in [3.05, 3.63) is 52.1 Å². The molecule has 2 heterocycles. The van der Waals surface area contributed by atoms with Gasteiger partial charge in [-0.3, -0.25) is 14.4 Å². The van der Waals surface area contributed by atoms with Crippen LogP contribution in [0, 0.1) is 0 Å². The lowest BCUT2D eigenvalue weighted by Crippen LogP contribution is -2.69. The summed E-state index contributed by atoms with van der Waals surface area (Å²) in [5.41, 5.74) is -8.33. The number of phenolic OH excluding ortho intramolecular Hbond substituents is 1. The fraction of sp³-hybridized carbons (Fsp3) is 0.581. The first-order chi connectivity index (χ1) is 20.5. The molecule has 238 valence electrons. The number of aromatic hydroxyl groups is 1. The summed E-state index contributed by atoms with van der Waals surface area (Å²) >= 11 is 0. The van der Waals surface area contributed by atoms with E-state index in [0.29, 0.717) is 0 Å². The van der Waals surface area contributed by atoms with Gasteiger partial charge in [-0.2, -0.15) is 0 Å². The van der Waals surface area contributed by atoms with Gasteiger partial charge in [-0.05, 0) is 32.9 Å². The van der Waals surface area contributed by atoms with Crippen LogP contribution in [0.5, 0.6) is 5.75 Å². The molecule has 2 saturated heterocycles. The molecule has 11 atom stereocenters. The molecule has 6 rings (SSSR count). The van der Waals surface area contributed by atoms with E-state index in [1.165, 1.54) is 19.1 Å². The van der Waals surface area contributed by atoms with E-state index in [-0.39, 0.29) is 35.1 Å². The van der Waals surface area contributed by atoms with Gasteiger partial charge in [-0.25, -0.2) is 0 Å². The number of hydrogen-bond acceptors (Lipinski definition) is 13. The highest BCUT2D eigenvalue weighted by Gasteiger charge is 2.66. The molecular formula is C31H36O13. The van der Waals surface area contributed by atoms with Gasteiger partial charge in [0.2, 0.25) is 0 Å². The highest BCUT2D eigenvalue weighted by atomic mass is 16.7. The first-order valence-corrected chi connectivity index (χ1v) is 14.6. The zero-order chi connectivity index (χ0) is 32.1. The molecule has 3 aliphatic carbocycles. The predicted molar refractivity (Wildman–Crippen MR) is 147 cm³/mol. The molecule has 0 radical (unpaired) electrons. The third-order valence-electron chi connectivity index (χ3n) is 9.57. The summed E-state index contributed by atoms with van der Waals surface area (Å²) in [4.78, 5) is 40.8. The Bertz CT molecular complexity index is 1480. The van der Waals surface area contributed by atoms with Crippen LogP contribution in [0.4, 0.5) is 0 Å². The average molecular weight is 617 g/mol. The van der Waals surface area contributed by atoms with Crippen molar-refractivity contribution in [1.82, 2.24) is 0 Å². The number of Topliss-reactive ketones (excluding diaryl/α,β-unsaturated/α-hetero) is 3. The summed E-state index contributed by atoms with van der Waals surface area (Å²) in [6.45, 7) is 4.49. The molecule has 1 aromatic rings. The van der Waals surface area contributed by atoms with Crippen LogP contribution in [0.3, 0.4) is 0 Å². The van der Waals surface area contributed by atoms with Crippen molar-refractivity contribution in [3.63, 3.8) is 0 Å². The lowest BCUT2D eigenvalue weighted by atomic mass is 9.57. The van der Waals surface area contributed by atoms with Crippen LogP contribution in [-0.2, 0) is 19.0 Å². The van der Waals surface area contributed by atoms with Crippen LogP contribution in [0.25, 0.3) is 0 Å². The third kappa shape index (κ3) is 4.53. The Morgan fingerprint density at radius 2 is 1.61 bits per heavy atom. The Morgan fingerprint density at radius 1 is 0.932 bits per heavy atom. The third-order valence-corrected chi connectivity index (χ3v) is 9.57. The van der Waals surface area contributed by atoms with Gasteiger partial charge in [-0.15, -0.1) is 0 Å². The lowest BCUT2D eigenvalue weighted by molar-refractivity contribution is -0.287. The van der Waals surface area contributed by atoms with Gasteiger partial charge < -0.3 is 50.0 Å². The fourth-order valence-corrected chi connectivity index (χ4v) is 7.24. The average Bonchev–Trinajstić information content (AvgIpc) is 2.93. The van der Waals surface area contributed by atoms with E-state index in [1.54, 1.807) is 13.8 Å². The smallest absolute Gasteiger partial charge is 0.198 e. The van der Waals surface area contributed by atoms with Crippen molar-refractivity contribution in [2.75, 3.05) is 0 Å². The van der Waals surface area contributed by atoms with Gasteiger partial charge >= 0.3 is 0 Å². The number of hydrogen-bond donors (Lipinski definition) is 7. The fourth-order valence-electron chi connectivity index (χ4n) is 7.24. The molecule has 1 saturated carbocycles. The summed E-state index contributed by atoms with van der Waals surface area (Å²) in [5.74, 6) is -3.39. The molecule has 7 N–H and O–H groups in total. The van der Waals surface area contributed by atoms with E-state index in [4.69, 9.17) is 14.2 Å². The maximum atomic E-state index is 13.8. The maximum Gasteiger partial charge on any atom is 0.198 e. The Hall–Kier alpha value is -2.85. The minimum atomic E-state index is -2.79. The second-order valence-corrected chi connectivity index (χ2v) is 12.9. The zero-order valence-corrected chi connectivity index (χ0v) is 24.3. The second kappa shape index (κ2) is 10.3. The molecule has 1 aromatic carbocycles. The number of allylic oxidation sites excluding steroid dienone is 2. The number of fused-ring (bicyclic) bond motifs is 3. The number of ketones is 3. The summed E-state index contributed by atoms with van der Waals surface area (Å²) in [5, 5.41) is 75.7. The number of aliphatic hydroxyl groups excluding tert-OH is 3. The van der Waals surface area contributed by atoms with Crippen LogP contribution in [-0.4, -0.2) is 113 Å². The van der Waals surface area contributed by atoms with E-state index in [1.807, 2.05) is 0 Å². The molecule has 0 amide bonds. The summed E-state index contributed by atoms with van der Waals surface area (Å²) in [6.07, 6.45) is -6.54. The van der Waals surface area contributed by atoms with Crippen LogP contribution in [0.1, 0.15) is 78.8 Å². The number of carbonyl (C=O) groups is 3. The highest BCUT2D eigenvalue weighted by molar-refractivity contribution is 6.31. The molecule has 44 heavy (non-hydrogen) atoms. The van der Waals surface area contributed by atoms with Crippen LogP contribution >= 0.6 is 0 Å². The highest BCUT2D eigenvalue weighted by Crippen LogP contribution is 2.52. The normalized spacial score (nSPS) is 43.9. The lowest BCUT2D eigenvalue weighted by Gasteiger charge is -2.51. The Morgan fingerprint density at radius 3 is 2.30 bits per heavy atom. The second-order valence-electron chi connectivity index (χ2n) is 12.9.